The first-order chi connectivity index (χ1) is 7.60. The van der Waals surface area contributed by atoms with Crippen molar-refractivity contribution in [3.05, 3.63) is 28.8 Å². The number of phenolic OH excluding ortho intramolecular Hbond substituents is 1. The lowest BCUT2D eigenvalue weighted by molar-refractivity contribution is 0.0600. The van der Waals surface area contributed by atoms with Crippen LogP contribution in [0, 0.1) is 6.92 Å². The number of hydrogen-bond donors (Lipinski definition) is 1. The van der Waals surface area contributed by atoms with Gasteiger partial charge in [0.1, 0.15) is 5.75 Å². The lowest BCUT2D eigenvalue weighted by atomic mass is 10.0. The molecule has 0 atom stereocenters. The zero-order chi connectivity index (χ0) is 12.1. The van der Waals surface area contributed by atoms with Crippen LogP contribution in [-0.4, -0.2) is 18.2 Å². The van der Waals surface area contributed by atoms with E-state index in [1.807, 2.05) is 0 Å². The van der Waals surface area contributed by atoms with E-state index in [0.717, 1.165) is 30.4 Å². The Morgan fingerprint density at radius 3 is 2.69 bits per heavy atom. The predicted molar refractivity (Wildman–Crippen MR) is 62.8 cm³/mol. The number of aromatic hydroxyl groups is 1. The van der Waals surface area contributed by atoms with E-state index in [-0.39, 0.29) is 11.7 Å². The van der Waals surface area contributed by atoms with Crippen LogP contribution in [-0.2, 0) is 11.2 Å². The molecule has 16 heavy (non-hydrogen) atoms. The maximum atomic E-state index is 11.5. The zero-order valence-corrected chi connectivity index (χ0v) is 10.0. The monoisotopic (exact) mass is 222 g/mol. The smallest absolute Gasteiger partial charge is 0.338 e. The molecule has 1 aromatic carbocycles. The molecule has 1 N–H and O–H groups in total. The second kappa shape index (κ2) is 5.54. The van der Waals surface area contributed by atoms with E-state index in [2.05, 4.69) is 6.92 Å². The molecule has 0 aromatic heterocycles. The van der Waals surface area contributed by atoms with E-state index in [1.165, 1.54) is 7.11 Å². The number of carbonyl (C=O) groups excluding carboxylic acids is 1. The average Bonchev–Trinajstić information content (AvgIpc) is 2.27. The predicted octanol–water partition coefficient (Wildman–Crippen LogP) is 2.83. The highest BCUT2D eigenvalue weighted by Crippen LogP contribution is 2.24. The van der Waals surface area contributed by atoms with Crippen molar-refractivity contribution in [1.82, 2.24) is 0 Å². The van der Waals surface area contributed by atoms with Gasteiger partial charge in [-0.15, -0.1) is 0 Å². The Bertz CT molecular complexity index is 383. The summed E-state index contributed by atoms with van der Waals surface area (Å²) in [5, 5.41) is 9.74. The van der Waals surface area contributed by atoms with Gasteiger partial charge in [0.05, 0.1) is 12.7 Å². The summed E-state index contributed by atoms with van der Waals surface area (Å²) in [6.07, 6.45) is 2.84. The number of esters is 1. The maximum absolute atomic E-state index is 11.5. The van der Waals surface area contributed by atoms with Gasteiger partial charge in [-0.3, -0.25) is 0 Å². The van der Waals surface area contributed by atoms with Crippen LogP contribution < -0.4 is 0 Å². The summed E-state index contributed by atoms with van der Waals surface area (Å²) < 4.78 is 4.70. The molecule has 3 heteroatoms. The molecule has 3 nitrogen and oxygen atoms in total. The minimum Gasteiger partial charge on any atom is -0.508 e. The molecular weight excluding hydrogens is 204 g/mol. The van der Waals surface area contributed by atoms with Gasteiger partial charge in [-0.25, -0.2) is 4.79 Å². The highest BCUT2D eigenvalue weighted by molar-refractivity contribution is 5.91. The number of benzene rings is 1. The number of hydrogen-bond acceptors (Lipinski definition) is 3. The largest absolute Gasteiger partial charge is 0.508 e. The number of carbonyl (C=O) groups is 1. The van der Waals surface area contributed by atoms with Crippen LogP contribution in [0.2, 0.25) is 0 Å². The summed E-state index contributed by atoms with van der Waals surface area (Å²) in [6.45, 7) is 3.88. The summed E-state index contributed by atoms with van der Waals surface area (Å²) in [7, 11) is 1.36. The molecule has 0 unspecified atom stereocenters. The quantitative estimate of drug-likeness (QED) is 0.797. The number of phenols is 1. The van der Waals surface area contributed by atoms with E-state index in [0.29, 0.717) is 5.56 Å². The van der Waals surface area contributed by atoms with Gasteiger partial charge in [0.15, 0.2) is 0 Å². The Balaban J connectivity index is 3.06. The fraction of sp³-hybridized carbons (Fsp3) is 0.462. The van der Waals surface area contributed by atoms with Crippen molar-refractivity contribution < 1.29 is 14.6 Å². The van der Waals surface area contributed by atoms with Gasteiger partial charge in [-0.05, 0) is 43.0 Å². The second-order valence-corrected chi connectivity index (χ2v) is 3.89. The van der Waals surface area contributed by atoms with Crippen molar-refractivity contribution in [3.8, 4) is 5.75 Å². The molecule has 1 aromatic rings. The van der Waals surface area contributed by atoms with Crippen LogP contribution in [0.3, 0.4) is 0 Å². The Labute approximate surface area is 96.1 Å². The topological polar surface area (TPSA) is 46.5 Å². The molecule has 0 fully saturated rings. The third kappa shape index (κ3) is 2.75. The first-order valence-electron chi connectivity index (χ1n) is 5.51. The highest BCUT2D eigenvalue weighted by Gasteiger charge is 2.12. The number of aryl methyl sites for hydroxylation is 2. The number of rotatable bonds is 4. The van der Waals surface area contributed by atoms with Gasteiger partial charge in [0, 0.05) is 0 Å². The summed E-state index contributed by atoms with van der Waals surface area (Å²) >= 11 is 0. The van der Waals surface area contributed by atoms with Gasteiger partial charge in [0.2, 0.25) is 0 Å². The maximum Gasteiger partial charge on any atom is 0.338 e. The first-order valence-corrected chi connectivity index (χ1v) is 5.51. The fourth-order valence-corrected chi connectivity index (χ4v) is 1.63. The lowest BCUT2D eigenvalue weighted by Crippen LogP contribution is -2.05. The molecule has 0 heterocycles. The van der Waals surface area contributed by atoms with Crippen molar-refractivity contribution in [3.63, 3.8) is 0 Å². The Morgan fingerprint density at radius 2 is 2.12 bits per heavy atom. The van der Waals surface area contributed by atoms with Crippen molar-refractivity contribution in [1.29, 1.82) is 0 Å². The number of unbranched alkanes of at least 4 members (excludes halogenated alkanes) is 1. The summed E-state index contributed by atoms with van der Waals surface area (Å²) in [5.41, 5.74) is 2.09. The van der Waals surface area contributed by atoms with Gasteiger partial charge in [-0.1, -0.05) is 13.3 Å². The molecule has 0 aliphatic rings. The van der Waals surface area contributed by atoms with Gasteiger partial charge in [-0.2, -0.15) is 0 Å². The van der Waals surface area contributed by atoms with E-state index in [4.69, 9.17) is 4.74 Å². The Morgan fingerprint density at radius 1 is 1.44 bits per heavy atom. The van der Waals surface area contributed by atoms with Gasteiger partial charge in [0.25, 0.3) is 0 Å². The van der Waals surface area contributed by atoms with Gasteiger partial charge >= 0.3 is 5.97 Å². The number of ether oxygens (including phenoxy) is 1. The molecule has 0 saturated heterocycles. The molecule has 0 spiro atoms. The third-order valence-corrected chi connectivity index (χ3v) is 2.63. The van der Waals surface area contributed by atoms with E-state index < -0.39 is 0 Å². The fourth-order valence-electron chi connectivity index (χ4n) is 1.63. The van der Waals surface area contributed by atoms with Crippen LogP contribution >= 0.6 is 0 Å². The minimum atomic E-state index is -0.352. The number of methoxy groups -OCH3 is 1. The molecule has 0 aliphatic carbocycles. The summed E-state index contributed by atoms with van der Waals surface area (Å²) in [6, 6.07) is 3.35. The molecule has 0 aliphatic heterocycles. The van der Waals surface area contributed by atoms with Crippen molar-refractivity contribution in [2.45, 2.75) is 33.1 Å². The van der Waals surface area contributed by atoms with Gasteiger partial charge < -0.3 is 9.84 Å². The van der Waals surface area contributed by atoms with E-state index >= 15 is 0 Å². The molecular formula is C13H18O3. The van der Waals surface area contributed by atoms with Crippen molar-refractivity contribution in [2.75, 3.05) is 7.11 Å². The molecule has 0 amide bonds. The standard InChI is InChI=1S/C13H18O3/c1-4-5-6-10-8-11(13(15)16-3)9(2)7-12(10)14/h7-8,14H,4-6H2,1-3H3. The molecule has 1 rings (SSSR count). The third-order valence-electron chi connectivity index (χ3n) is 2.63. The van der Waals surface area contributed by atoms with Crippen molar-refractivity contribution >= 4 is 5.97 Å². The Kier molecular flexibility index (Phi) is 4.35. The average molecular weight is 222 g/mol. The minimum absolute atomic E-state index is 0.263. The van der Waals surface area contributed by atoms with Crippen LogP contribution in [0.4, 0.5) is 0 Å². The van der Waals surface area contributed by atoms with E-state index in [1.54, 1.807) is 19.1 Å². The molecule has 0 bridgehead atoms. The second-order valence-electron chi connectivity index (χ2n) is 3.89. The van der Waals surface area contributed by atoms with Crippen molar-refractivity contribution in [2.24, 2.45) is 0 Å². The van der Waals surface area contributed by atoms with Crippen LogP contribution in [0.1, 0.15) is 41.3 Å². The zero-order valence-electron chi connectivity index (χ0n) is 10.0. The van der Waals surface area contributed by atoms with E-state index in [9.17, 15) is 9.90 Å². The highest BCUT2D eigenvalue weighted by atomic mass is 16.5. The normalized spacial score (nSPS) is 10.2. The molecule has 0 saturated carbocycles. The summed E-state index contributed by atoms with van der Waals surface area (Å²) in [5.74, 6) is -0.0890. The molecule has 0 radical (unpaired) electrons. The SMILES string of the molecule is CCCCc1cc(C(=O)OC)c(C)cc1O. The van der Waals surface area contributed by atoms with Crippen LogP contribution in [0.15, 0.2) is 12.1 Å². The first kappa shape index (κ1) is 12.6. The van der Waals surface area contributed by atoms with Crippen LogP contribution in [0.5, 0.6) is 5.75 Å². The Hall–Kier alpha value is -1.51. The van der Waals surface area contributed by atoms with Crippen LogP contribution in [0.25, 0.3) is 0 Å². The molecule has 88 valence electrons. The summed E-state index contributed by atoms with van der Waals surface area (Å²) in [4.78, 5) is 11.5. The lowest BCUT2D eigenvalue weighted by Gasteiger charge is -2.09.